The van der Waals surface area contributed by atoms with E-state index in [1.807, 2.05) is 6.92 Å². The fraction of sp³-hybridized carbons (Fsp3) is 0.800. The van der Waals surface area contributed by atoms with Crippen molar-refractivity contribution in [1.29, 1.82) is 0 Å². The Morgan fingerprint density at radius 2 is 2.06 bits per heavy atom. The largest absolute Gasteiger partial charge is 0.392 e. The molecule has 1 fully saturated rings. The van der Waals surface area contributed by atoms with Gasteiger partial charge in [-0.1, -0.05) is 12.5 Å². The summed E-state index contributed by atoms with van der Waals surface area (Å²) in [4.78, 5) is 11.7. The predicted octanol–water partition coefficient (Wildman–Crippen LogP) is 2.07. The van der Waals surface area contributed by atoms with Crippen LogP contribution in [0.2, 0.25) is 0 Å². The first-order valence-corrected chi connectivity index (χ1v) is 6.76. The molecule has 0 heterocycles. The summed E-state index contributed by atoms with van der Waals surface area (Å²) in [6, 6.07) is 0. The van der Waals surface area contributed by atoms with E-state index in [4.69, 9.17) is 0 Å². The molecule has 0 unspecified atom stereocenters. The van der Waals surface area contributed by atoms with Crippen LogP contribution >= 0.6 is 0 Å². The Kier molecular flexibility index (Phi) is 3.19. The van der Waals surface area contributed by atoms with Gasteiger partial charge in [0.05, 0.1) is 11.7 Å². The van der Waals surface area contributed by atoms with Gasteiger partial charge >= 0.3 is 0 Å². The van der Waals surface area contributed by atoms with Gasteiger partial charge in [-0.15, -0.1) is 0 Å². The lowest BCUT2D eigenvalue weighted by Gasteiger charge is -2.52. The van der Waals surface area contributed by atoms with Crippen molar-refractivity contribution in [3.63, 3.8) is 0 Å². The molecule has 2 N–H and O–H groups in total. The van der Waals surface area contributed by atoms with E-state index < -0.39 is 11.7 Å². The maximum atomic E-state index is 11.7. The molecule has 0 spiro atoms. The van der Waals surface area contributed by atoms with E-state index in [1.165, 1.54) is 0 Å². The van der Waals surface area contributed by atoms with Crippen molar-refractivity contribution in [2.24, 2.45) is 17.3 Å². The Labute approximate surface area is 109 Å². The standard InChI is InChI=1S/C15H24O3/c1-9-7-10(16)8-15(4)6-5-11(14(2,3)18)13(17)12(9)15/h7,11-13,17-18H,5-6,8H2,1-4H3/t11-,12-,13+,15+/m1/s1. The zero-order chi connectivity index (χ0) is 13.7. The molecule has 3 heteroatoms. The first kappa shape index (κ1) is 13.8. The van der Waals surface area contributed by atoms with Crippen LogP contribution in [0.1, 0.15) is 47.0 Å². The number of hydrogen-bond acceptors (Lipinski definition) is 3. The van der Waals surface area contributed by atoms with Crippen LogP contribution in [-0.4, -0.2) is 27.7 Å². The lowest BCUT2D eigenvalue weighted by Crippen LogP contribution is -2.53. The van der Waals surface area contributed by atoms with Crippen molar-refractivity contribution < 1.29 is 15.0 Å². The van der Waals surface area contributed by atoms with Gasteiger partial charge in [-0.05, 0) is 45.1 Å². The molecule has 0 amide bonds. The Morgan fingerprint density at radius 1 is 1.44 bits per heavy atom. The maximum Gasteiger partial charge on any atom is 0.156 e. The molecule has 0 aromatic rings. The van der Waals surface area contributed by atoms with Gasteiger partial charge in [0.1, 0.15) is 0 Å². The second-order valence-corrected chi connectivity index (χ2v) is 6.95. The number of ketones is 1. The van der Waals surface area contributed by atoms with E-state index in [2.05, 4.69) is 6.92 Å². The van der Waals surface area contributed by atoms with Crippen molar-refractivity contribution in [2.45, 2.75) is 58.7 Å². The molecule has 2 aliphatic carbocycles. The van der Waals surface area contributed by atoms with Gasteiger partial charge in [-0.25, -0.2) is 0 Å². The number of fused-ring (bicyclic) bond motifs is 1. The van der Waals surface area contributed by atoms with E-state index in [-0.39, 0.29) is 23.0 Å². The molecule has 0 aliphatic heterocycles. The van der Waals surface area contributed by atoms with Gasteiger partial charge in [-0.3, -0.25) is 4.79 Å². The van der Waals surface area contributed by atoms with Crippen LogP contribution in [0.15, 0.2) is 11.6 Å². The van der Waals surface area contributed by atoms with Crippen molar-refractivity contribution in [3.05, 3.63) is 11.6 Å². The quantitative estimate of drug-likeness (QED) is 0.751. The van der Waals surface area contributed by atoms with Gasteiger partial charge in [0.25, 0.3) is 0 Å². The average molecular weight is 252 g/mol. The lowest BCUT2D eigenvalue weighted by molar-refractivity contribution is -0.133. The molecule has 3 nitrogen and oxygen atoms in total. The molecule has 2 aliphatic rings. The molecule has 102 valence electrons. The van der Waals surface area contributed by atoms with Crippen molar-refractivity contribution in [2.75, 3.05) is 0 Å². The van der Waals surface area contributed by atoms with E-state index in [9.17, 15) is 15.0 Å². The summed E-state index contributed by atoms with van der Waals surface area (Å²) in [5.41, 5.74) is -0.0465. The van der Waals surface area contributed by atoms with Crippen LogP contribution in [0, 0.1) is 17.3 Å². The average Bonchev–Trinajstić information content (AvgIpc) is 2.12. The number of carbonyl (C=O) groups is 1. The lowest BCUT2D eigenvalue weighted by atomic mass is 9.55. The summed E-state index contributed by atoms with van der Waals surface area (Å²) in [6.45, 7) is 7.54. The predicted molar refractivity (Wildman–Crippen MR) is 70.0 cm³/mol. The first-order valence-electron chi connectivity index (χ1n) is 6.76. The molecule has 0 aromatic heterocycles. The van der Waals surface area contributed by atoms with Gasteiger partial charge in [0.2, 0.25) is 0 Å². The third-order valence-corrected chi connectivity index (χ3v) is 4.90. The van der Waals surface area contributed by atoms with Crippen LogP contribution in [-0.2, 0) is 4.79 Å². The fourth-order valence-electron chi connectivity index (χ4n) is 4.04. The molecule has 0 aromatic carbocycles. The topological polar surface area (TPSA) is 57.5 Å². The van der Waals surface area contributed by atoms with Gasteiger partial charge in [0.15, 0.2) is 5.78 Å². The Bertz CT molecular complexity index is 391. The Hall–Kier alpha value is -0.670. The summed E-state index contributed by atoms with van der Waals surface area (Å²) in [5.74, 6) is 0.0488. The van der Waals surface area contributed by atoms with Crippen LogP contribution in [0.4, 0.5) is 0 Å². The monoisotopic (exact) mass is 252 g/mol. The molecular weight excluding hydrogens is 228 g/mol. The number of hydrogen-bond donors (Lipinski definition) is 2. The molecule has 1 saturated carbocycles. The second-order valence-electron chi connectivity index (χ2n) is 6.95. The van der Waals surface area contributed by atoms with Crippen LogP contribution in [0.3, 0.4) is 0 Å². The third-order valence-electron chi connectivity index (χ3n) is 4.90. The molecule has 2 rings (SSSR count). The summed E-state index contributed by atoms with van der Waals surface area (Å²) in [7, 11) is 0. The summed E-state index contributed by atoms with van der Waals surface area (Å²) < 4.78 is 0. The summed E-state index contributed by atoms with van der Waals surface area (Å²) in [6.07, 6.45) is 3.29. The highest BCUT2D eigenvalue weighted by Crippen LogP contribution is 2.53. The third kappa shape index (κ3) is 2.14. The summed E-state index contributed by atoms with van der Waals surface area (Å²) >= 11 is 0. The van der Waals surface area contributed by atoms with Gasteiger partial charge < -0.3 is 10.2 Å². The minimum absolute atomic E-state index is 0.000347. The molecular formula is C15H24O3. The highest BCUT2D eigenvalue weighted by molar-refractivity contribution is 5.92. The van der Waals surface area contributed by atoms with E-state index >= 15 is 0 Å². The zero-order valence-electron chi connectivity index (χ0n) is 11.7. The summed E-state index contributed by atoms with van der Waals surface area (Å²) in [5, 5.41) is 20.8. The van der Waals surface area contributed by atoms with Crippen molar-refractivity contribution in [3.8, 4) is 0 Å². The second kappa shape index (κ2) is 4.17. The smallest absolute Gasteiger partial charge is 0.156 e. The van der Waals surface area contributed by atoms with E-state index in [1.54, 1.807) is 19.9 Å². The van der Waals surface area contributed by atoms with E-state index in [0.717, 1.165) is 18.4 Å². The van der Waals surface area contributed by atoms with Crippen molar-refractivity contribution >= 4 is 5.78 Å². The van der Waals surface area contributed by atoms with Gasteiger partial charge in [-0.2, -0.15) is 0 Å². The number of aliphatic hydroxyl groups excluding tert-OH is 1. The van der Waals surface area contributed by atoms with Crippen LogP contribution in [0.5, 0.6) is 0 Å². The van der Waals surface area contributed by atoms with Crippen molar-refractivity contribution in [1.82, 2.24) is 0 Å². The molecule has 18 heavy (non-hydrogen) atoms. The highest BCUT2D eigenvalue weighted by Gasteiger charge is 2.52. The zero-order valence-corrected chi connectivity index (χ0v) is 11.7. The van der Waals surface area contributed by atoms with E-state index in [0.29, 0.717) is 6.42 Å². The van der Waals surface area contributed by atoms with Crippen LogP contribution in [0.25, 0.3) is 0 Å². The molecule has 0 saturated heterocycles. The molecule has 4 atom stereocenters. The Morgan fingerprint density at radius 3 is 2.61 bits per heavy atom. The van der Waals surface area contributed by atoms with Gasteiger partial charge in [0, 0.05) is 18.3 Å². The minimum Gasteiger partial charge on any atom is -0.392 e. The fourth-order valence-corrected chi connectivity index (χ4v) is 4.04. The molecule has 0 radical (unpaired) electrons. The number of rotatable bonds is 1. The SMILES string of the molecule is CC1=CC(=O)C[C@]2(C)CC[C@@H](C(C)(C)O)[C@H](O)[C@@H]12. The normalized spacial score (nSPS) is 41.3. The first-order chi connectivity index (χ1) is 8.15. The number of carbonyl (C=O) groups excluding carboxylic acids is 1. The number of allylic oxidation sites excluding steroid dienone is 1. The minimum atomic E-state index is -0.873. The maximum absolute atomic E-state index is 11.7. The number of aliphatic hydroxyl groups is 2. The van der Waals surface area contributed by atoms with Crippen LogP contribution < -0.4 is 0 Å². The highest BCUT2D eigenvalue weighted by atomic mass is 16.3. The molecule has 0 bridgehead atoms. The Balaban J connectivity index is 2.36.